The second kappa shape index (κ2) is 11.3. The molecule has 4 aromatic rings. The van der Waals surface area contributed by atoms with Gasteiger partial charge in [-0.15, -0.1) is 0 Å². The smallest absolute Gasteiger partial charge is 0.416 e. The van der Waals surface area contributed by atoms with Crippen molar-refractivity contribution < 1.29 is 32.3 Å². The van der Waals surface area contributed by atoms with Gasteiger partial charge in [-0.25, -0.2) is 0 Å². The minimum atomic E-state index is -4.64. The highest BCUT2D eigenvalue weighted by atomic mass is 35.5. The number of carbonyl (C=O) groups excluding carboxylic acids is 3. The van der Waals surface area contributed by atoms with Gasteiger partial charge < -0.3 is 14.6 Å². The minimum Gasteiger partial charge on any atom is -0.495 e. The van der Waals surface area contributed by atoms with E-state index in [1.54, 1.807) is 12.1 Å². The maximum absolute atomic E-state index is 13.2. The highest BCUT2D eigenvalue weighted by Gasteiger charge is 2.37. The van der Waals surface area contributed by atoms with Gasteiger partial charge >= 0.3 is 6.18 Å². The maximum atomic E-state index is 13.2. The van der Waals surface area contributed by atoms with Gasteiger partial charge in [-0.2, -0.15) is 13.2 Å². The van der Waals surface area contributed by atoms with Crippen molar-refractivity contribution in [3.8, 4) is 5.75 Å². The number of carbonyl (C=O) groups is 3. The second-order valence-electron chi connectivity index (χ2n) is 9.09. The van der Waals surface area contributed by atoms with Gasteiger partial charge in [0.2, 0.25) is 5.91 Å². The van der Waals surface area contributed by atoms with Crippen LogP contribution in [0.4, 0.5) is 23.7 Å². The Morgan fingerprint density at radius 2 is 1.85 bits per heavy atom. The Morgan fingerprint density at radius 1 is 1.07 bits per heavy atom. The van der Waals surface area contributed by atoms with E-state index in [9.17, 15) is 27.6 Å². The molecule has 7 nitrogen and oxygen atoms in total. The number of benzene rings is 3. The topological polar surface area (TPSA) is 80.6 Å². The van der Waals surface area contributed by atoms with Gasteiger partial charge in [-0.3, -0.25) is 19.3 Å². The molecule has 12 heteroatoms. The molecule has 1 aliphatic heterocycles. The molecule has 41 heavy (non-hydrogen) atoms. The molecule has 2 heterocycles. The van der Waals surface area contributed by atoms with Crippen molar-refractivity contribution in [2.75, 3.05) is 19.0 Å². The summed E-state index contributed by atoms with van der Waals surface area (Å²) in [5.41, 5.74) is 1.37. The molecule has 0 spiro atoms. The first-order valence-corrected chi connectivity index (χ1v) is 13.4. The lowest BCUT2D eigenvalue weighted by Gasteiger charge is -2.16. The number of aromatic nitrogens is 1. The first-order valence-electron chi connectivity index (χ1n) is 12.2. The number of para-hydroxylation sites is 1. The molecule has 0 aliphatic carbocycles. The number of methoxy groups -OCH3 is 1. The van der Waals surface area contributed by atoms with E-state index in [-0.39, 0.29) is 16.3 Å². The summed E-state index contributed by atoms with van der Waals surface area (Å²) in [4.78, 5) is 39.4. The number of nitrogens with one attached hydrogen (secondary N) is 1. The summed E-state index contributed by atoms with van der Waals surface area (Å²) < 4.78 is 46.5. The number of thioether (sulfide) groups is 1. The molecule has 0 radical (unpaired) electrons. The van der Waals surface area contributed by atoms with Crippen molar-refractivity contribution in [1.82, 2.24) is 9.47 Å². The third-order valence-corrected chi connectivity index (χ3v) is 7.47. The van der Waals surface area contributed by atoms with Crippen molar-refractivity contribution in [3.05, 3.63) is 99.5 Å². The number of rotatable bonds is 7. The molecular weight excluding hydrogens is 579 g/mol. The van der Waals surface area contributed by atoms with E-state index in [0.29, 0.717) is 28.9 Å². The Balaban J connectivity index is 1.36. The zero-order chi connectivity index (χ0) is 29.3. The van der Waals surface area contributed by atoms with Gasteiger partial charge in [0.05, 0.1) is 23.3 Å². The number of hydrogen-bond donors (Lipinski definition) is 1. The first-order chi connectivity index (χ1) is 19.5. The van der Waals surface area contributed by atoms with E-state index < -0.39 is 35.3 Å². The molecule has 0 unspecified atom stereocenters. The summed E-state index contributed by atoms with van der Waals surface area (Å²) in [6, 6.07) is 17.7. The molecule has 5 rings (SSSR count). The van der Waals surface area contributed by atoms with E-state index in [2.05, 4.69) is 5.32 Å². The molecule has 1 N–H and O–H groups in total. The molecule has 0 bridgehead atoms. The summed E-state index contributed by atoms with van der Waals surface area (Å²) in [5, 5.41) is 3.11. The highest BCUT2D eigenvalue weighted by Crippen LogP contribution is 2.36. The summed E-state index contributed by atoms with van der Waals surface area (Å²) in [7, 11) is 1.24. The van der Waals surface area contributed by atoms with E-state index in [1.807, 2.05) is 53.2 Å². The van der Waals surface area contributed by atoms with Gasteiger partial charge in [0.1, 0.15) is 12.3 Å². The molecule has 3 amide bonds. The largest absolute Gasteiger partial charge is 0.495 e. The number of alkyl halides is 3. The van der Waals surface area contributed by atoms with E-state index in [1.165, 1.54) is 7.11 Å². The quantitative estimate of drug-likeness (QED) is 0.230. The van der Waals surface area contributed by atoms with Crippen molar-refractivity contribution in [3.63, 3.8) is 0 Å². The minimum absolute atomic E-state index is 0.00505. The molecule has 210 valence electrons. The second-order valence-corrected chi connectivity index (χ2v) is 10.5. The Labute approximate surface area is 241 Å². The van der Waals surface area contributed by atoms with Crippen molar-refractivity contribution in [2.45, 2.75) is 12.7 Å². The molecule has 1 saturated heterocycles. The maximum Gasteiger partial charge on any atom is 0.416 e. The highest BCUT2D eigenvalue weighted by molar-refractivity contribution is 8.18. The third-order valence-electron chi connectivity index (χ3n) is 6.32. The summed E-state index contributed by atoms with van der Waals surface area (Å²) in [6.07, 6.45) is -1.18. The van der Waals surface area contributed by atoms with Crippen LogP contribution in [0.2, 0.25) is 5.02 Å². The predicted molar refractivity (Wildman–Crippen MR) is 152 cm³/mol. The molecule has 0 saturated carbocycles. The standard InChI is InChI=1S/C29H21ClF3N3O4S/c1-40-24-10-9-19(29(31,32)33)13-22(24)34-26(37)16-36-27(38)25(41-28(36)39)12-18-15-35(23-8-3-2-7-21(18)23)14-17-5-4-6-20(30)11-17/h2-13,15H,14,16H2,1H3,(H,34,37)/b25-12-. The van der Waals surface area contributed by atoms with Crippen LogP contribution in [0.15, 0.2) is 77.8 Å². The predicted octanol–water partition coefficient (Wildman–Crippen LogP) is 7.05. The van der Waals surface area contributed by atoms with Crippen LogP contribution < -0.4 is 10.1 Å². The number of hydrogen-bond acceptors (Lipinski definition) is 5. The van der Waals surface area contributed by atoms with E-state index in [4.69, 9.17) is 16.3 Å². The lowest BCUT2D eigenvalue weighted by atomic mass is 10.1. The fourth-order valence-corrected chi connectivity index (χ4v) is 5.49. The van der Waals surface area contributed by atoms with Gasteiger partial charge in [0, 0.05) is 34.2 Å². The van der Waals surface area contributed by atoms with Crippen LogP contribution >= 0.6 is 23.4 Å². The fraction of sp³-hybridized carbons (Fsp3) is 0.138. The number of fused-ring (bicyclic) bond motifs is 1. The summed E-state index contributed by atoms with van der Waals surface area (Å²) >= 11 is 6.82. The Bertz CT molecular complexity index is 1720. The van der Waals surface area contributed by atoms with Crippen LogP contribution in [0.5, 0.6) is 5.75 Å². The summed E-state index contributed by atoms with van der Waals surface area (Å²) in [5.74, 6) is -1.54. The molecule has 3 aromatic carbocycles. The van der Waals surface area contributed by atoms with Crippen LogP contribution in [-0.4, -0.2) is 40.2 Å². The molecular formula is C29H21ClF3N3O4S. The Hall–Kier alpha value is -4.22. The van der Waals surface area contributed by atoms with Crippen LogP contribution in [-0.2, 0) is 22.3 Å². The lowest BCUT2D eigenvalue weighted by molar-refractivity contribution is -0.137. The van der Waals surface area contributed by atoms with Gasteiger partial charge in [0.15, 0.2) is 0 Å². The monoisotopic (exact) mass is 599 g/mol. The Morgan fingerprint density at radius 3 is 2.59 bits per heavy atom. The molecule has 1 aromatic heterocycles. The summed E-state index contributed by atoms with van der Waals surface area (Å²) in [6.45, 7) is -0.159. The SMILES string of the molecule is COc1ccc(C(F)(F)F)cc1NC(=O)CN1C(=O)S/C(=C\c2cn(Cc3cccc(Cl)c3)c3ccccc23)C1=O. The van der Waals surface area contributed by atoms with E-state index >= 15 is 0 Å². The number of ether oxygens (including phenoxy) is 1. The Kier molecular flexibility index (Phi) is 7.83. The first kappa shape index (κ1) is 28.3. The van der Waals surface area contributed by atoms with Crippen LogP contribution in [0.1, 0.15) is 16.7 Å². The van der Waals surface area contributed by atoms with Crippen molar-refractivity contribution in [2.24, 2.45) is 0 Å². The number of anilines is 1. The average molecular weight is 600 g/mol. The normalized spacial score (nSPS) is 14.8. The zero-order valence-electron chi connectivity index (χ0n) is 21.4. The number of amides is 3. The van der Waals surface area contributed by atoms with E-state index in [0.717, 1.165) is 39.6 Å². The van der Waals surface area contributed by atoms with Crippen molar-refractivity contribution in [1.29, 1.82) is 0 Å². The fourth-order valence-electron chi connectivity index (χ4n) is 4.45. The number of imide groups is 1. The van der Waals surface area contributed by atoms with Crippen LogP contribution in [0.3, 0.4) is 0 Å². The average Bonchev–Trinajstić information content (AvgIpc) is 3.39. The van der Waals surface area contributed by atoms with Gasteiger partial charge in [0.25, 0.3) is 11.1 Å². The number of nitrogens with zero attached hydrogens (tertiary/aromatic N) is 2. The van der Waals surface area contributed by atoms with Crippen LogP contribution in [0, 0.1) is 0 Å². The van der Waals surface area contributed by atoms with Crippen molar-refractivity contribution >= 4 is 63.1 Å². The molecule has 1 fully saturated rings. The zero-order valence-corrected chi connectivity index (χ0v) is 22.9. The molecule has 1 aliphatic rings. The van der Waals surface area contributed by atoms with Crippen LogP contribution in [0.25, 0.3) is 17.0 Å². The van der Waals surface area contributed by atoms with Gasteiger partial charge in [-0.1, -0.05) is 41.9 Å². The number of halogens is 4. The van der Waals surface area contributed by atoms with Gasteiger partial charge in [-0.05, 0) is 59.8 Å². The lowest BCUT2D eigenvalue weighted by Crippen LogP contribution is -2.36. The molecule has 0 atom stereocenters. The third kappa shape index (κ3) is 6.10.